The summed E-state index contributed by atoms with van der Waals surface area (Å²) in [7, 11) is 2.01. The Morgan fingerprint density at radius 3 is 2.30 bits per heavy atom. The highest BCUT2D eigenvalue weighted by Crippen LogP contribution is 2.31. The molecule has 0 aromatic carbocycles. The second-order valence-corrected chi connectivity index (χ2v) is 7.06. The standard InChI is InChI=1S/C16H30N4/c1-16(2,3)15-13(12-19(4)18-15)14(11-17)20-9-7-5-6-8-10-20/h12,14H,5-11,17H2,1-4H3. The van der Waals surface area contributed by atoms with E-state index in [1.807, 2.05) is 11.7 Å². The summed E-state index contributed by atoms with van der Waals surface area (Å²) in [5.41, 5.74) is 8.71. The number of likely N-dealkylation sites (tertiary alicyclic amines) is 1. The first kappa shape index (κ1) is 15.5. The van der Waals surface area contributed by atoms with Gasteiger partial charge < -0.3 is 5.73 Å². The first-order valence-electron chi connectivity index (χ1n) is 7.91. The second kappa shape index (κ2) is 6.27. The summed E-state index contributed by atoms with van der Waals surface area (Å²) in [6.07, 6.45) is 7.46. The molecule has 4 heteroatoms. The van der Waals surface area contributed by atoms with Crippen molar-refractivity contribution in [3.05, 3.63) is 17.5 Å². The van der Waals surface area contributed by atoms with E-state index in [4.69, 9.17) is 10.8 Å². The zero-order valence-electron chi connectivity index (χ0n) is 13.5. The topological polar surface area (TPSA) is 47.1 Å². The molecule has 1 atom stereocenters. The fraction of sp³-hybridized carbons (Fsp3) is 0.812. The highest BCUT2D eigenvalue weighted by atomic mass is 15.3. The Bertz CT molecular complexity index is 422. The van der Waals surface area contributed by atoms with E-state index in [1.54, 1.807) is 0 Å². The molecule has 0 aliphatic carbocycles. The van der Waals surface area contributed by atoms with E-state index in [0.717, 1.165) is 0 Å². The van der Waals surface area contributed by atoms with Crippen LogP contribution < -0.4 is 5.73 Å². The lowest BCUT2D eigenvalue weighted by Gasteiger charge is -2.31. The molecule has 1 aromatic rings. The summed E-state index contributed by atoms with van der Waals surface area (Å²) in [5.74, 6) is 0. The summed E-state index contributed by atoms with van der Waals surface area (Å²) in [6.45, 7) is 9.70. The molecule has 0 bridgehead atoms. The highest BCUT2D eigenvalue weighted by molar-refractivity contribution is 5.28. The van der Waals surface area contributed by atoms with Crippen molar-refractivity contribution >= 4 is 0 Å². The molecule has 4 nitrogen and oxygen atoms in total. The normalized spacial score (nSPS) is 19.9. The van der Waals surface area contributed by atoms with Crippen LogP contribution in [0.5, 0.6) is 0 Å². The summed E-state index contributed by atoms with van der Waals surface area (Å²) < 4.78 is 1.94. The van der Waals surface area contributed by atoms with Gasteiger partial charge in [-0.25, -0.2) is 0 Å². The average Bonchev–Trinajstić information content (AvgIpc) is 2.61. The minimum Gasteiger partial charge on any atom is -0.329 e. The molecule has 20 heavy (non-hydrogen) atoms. The van der Waals surface area contributed by atoms with Gasteiger partial charge in [-0.1, -0.05) is 33.6 Å². The zero-order chi connectivity index (χ0) is 14.8. The van der Waals surface area contributed by atoms with E-state index in [0.29, 0.717) is 12.6 Å². The summed E-state index contributed by atoms with van der Waals surface area (Å²) >= 11 is 0. The first-order chi connectivity index (χ1) is 9.43. The first-order valence-corrected chi connectivity index (χ1v) is 7.91. The van der Waals surface area contributed by atoms with E-state index in [2.05, 4.69) is 31.9 Å². The van der Waals surface area contributed by atoms with E-state index in [1.165, 1.54) is 50.0 Å². The van der Waals surface area contributed by atoms with Crippen molar-refractivity contribution in [2.75, 3.05) is 19.6 Å². The number of aromatic nitrogens is 2. The van der Waals surface area contributed by atoms with E-state index in [9.17, 15) is 0 Å². The van der Waals surface area contributed by atoms with Crippen molar-refractivity contribution < 1.29 is 0 Å². The van der Waals surface area contributed by atoms with E-state index in [-0.39, 0.29) is 5.41 Å². The van der Waals surface area contributed by atoms with Gasteiger partial charge in [0.15, 0.2) is 0 Å². The third-order valence-electron chi connectivity index (χ3n) is 4.23. The molecule has 1 fully saturated rings. The van der Waals surface area contributed by atoms with Gasteiger partial charge in [0, 0.05) is 30.8 Å². The summed E-state index contributed by atoms with van der Waals surface area (Å²) in [5, 5.41) is 4.70. The Morgan fingerprint density at radius 1 is 1.20 bits per heavy atom. The average molecular weight is 278 g/mol. The molecule has 0 spiro atoms. The van der Waals surface area contributed by atoms with Crippen molar-refractivity contribution in [3.8, 4) is 0 Å². The van der Waals surface area contributed by atoms with Gasteiger partial charge in [0.2, 0.25) is 0 Å². The second-order valence-electron chi connectivity index (χ2n) is 7.06. The molecular weight excluding hydrogens is 248 g/mol. The van der Waals surface area contributed by atoms with Gasteiger partial charge in [-0.2, -0.15) is 5.10 Å². The number of nitrogens with zero attached hydrogens (tertiary/aromatic N) is 3. The van der Waals surface area contributed by atoms with Crippen molar-refractivity contribution in [1.29, 1.82) is 0 Å². The number of nitrogens with two attached hydrogens (primary N) is 1. The van der Waals surface area contributed by atoms with Gasteiger partial charge in [-0.3, -0.25) is 9.58 Å². The molecule has 2 N–H and O–H groups in total. The van der Waals surface area contributed by atoms with Crippen LogP contribution in [0.25, 0.3) is 0 Å². The Hall–Kier alpha value is -0.870. The maximum Gasteiger partial charge on any atom is 0.0726 e. The predicted octanol–water partition coefficient (Wildman–Crippen LogP) is 2.59. The predicted molar refractivity (Wildman–Crippen MR) is 83.7 cm³/mol. The molecule has 0 radical (unpaired) electrons. The third-order valence-corrected chi connectivity index (χ3v) is 4.23. The van der Waals surface area contributed by atoms with Crippen molar-refractivity contribution in [2.45, 2.75) is 57.9 Å². The fourth-order valence-corrected chi connectivity index (χ4v) is 3.21. The third kappa shape index (κ3) is 3.41. The summed E-state index contributed by atoms with van der Waals surface area (Å²) in [4.78, 5) is 2.57. The van der Waals surface area contributed by atoms with Gasteiger partial charge in [-0.05, 0) is 25.9 Å². The maximum absolute atomic E-state index is 6.13. The molecule has 2 rings (SSSR count). The lowest BCUT2D eigenvalue weighted by molar-refractivity contribution is 0.207. The van der Waals surface area contributed by atoms with Gasteiger partial charge >= 0.3 is 0 Å². The number of hydrogen-bond donors (Lipinski definition) is 1. The molecule has 0 amide bonds. The summed E-state index contributed by atoms with van der Waals surface area (Å²) in [6, 6.07) is 0.316. The number of rotatable bonds is 3. The van der Waals surface area contributed by atoms with Gasteiger partial charge in [-0.15, -0.1) is 0 Å². The Balaban J connectivity index is 2.31. The van der Waals surface area contributed by atoms with Crippen LogP contribution in [0, 0.1) is 0 Å². The maximum atomic E-state index is 6.13. The van der Waals surface area contributed by atoms with Crippen molar-refractivity contribution in [3.63, 3.8) is 0 Å². The van der Waals surface area contributed by atoms with Crippen LogP contribution in [-0.4, -0.2) is 34.3 Å². The molecule has 114 valence electrons. The SMILES string of the molecule is Cn1cc(C(CN)N2CCCCCC2)c(C(C)(C)C)n1. The molecule has 1 unspecified atom stereocenters. The van der Waals surface area contributed by atoms with Gasteiger partial charge in [0.05, 0.1) is 11.7 Å². The fourth-order valence-electron chi connectivity index (χ4n) is 3.21. The van der Waals surface area contributed by atoms with Crippen LogP contribution in [0.4, 0.5) is 0 Å². The Labute approximate surface area is 123 Å². The molecule has 1 saturated heterocycles. The molecule has 0 saturated carbocycles. The Kier molecular flexibility index (Phi) is 4.86. The van der Waals surface area contributed by atoms with Gasteiger partial charge in [0.1, 0.15) is 0 Å². The van der Waals surface area contributed by atoms with Gasteiger partial charge in [0.25, 0.3) is 0 Å². The molecule has 1 aliphatic heterocycles. The lowest BCUT2D eigenvalue weighted by Crippen LogP contribution is -2.35. The number of aryl methyl sites for hydroxylation is 1. The van der Waals surface area contributed by atoms with Crippen LogP contribution in [0.3, 0.4) is 0 Å². The monoisotopic (exact) mass is 278 g/mol. The lowest BCUT2D eigenvalue weighted by atomic mass is 9.87. The largest absolute Gasteiger partial charge is 0.329 e. The quantitative estimate of drug-likeness (QED) is 0.924. The zero-order valence-corrected chi connectivity index (χ0v) is 13.5. The Morgan fingerprint density at radius 2 is 1.80 bits per heavy atom. The minimum atomic E-state index is 0.0653. The smallest absolute Gasteiger partial charge is 0.0726 e. The molecule has 1 aromatic heterocycles. The van der Waals surface area contributed by atoms with E-state index >= 15 is 0 Å². The van der Waals surface area contributed by atoms with Crippen molar-refractivity contribution in [2.24, 2.45) is 12.8 Å². The van der Waals surface area contributed by atoms with E-state index < -0.39 is 0 Å². The van der Waals surface area contributed by atoms with Crippen LogP contribution in [-0.2, 0) is 12.5 Å². The van der Waals surface area contributed by atoms with Crippen LogP contribution in [0.1, 0.15) is 63.8 Å². The number of hydrogen-bond acceptors (Lipinski definition) is 3. The van der Waals surface area contributed by atoms with Crippen LogP contribution in [0.15, 0.2) is 6.20 Å². The minimum absolute atomic E-state index is 0.0653. The van der Waals surface area contributed by atoms with Crippen molar-refractivity contribution in [1.82, 2.24) is 14.7 Å². The highest BCUT2D eigenvalue weighted by Gasteiger charge is 2.29. The van der Waals surface area contributed by atoms with Crippen LogP contribution in [0.2, 0.25) is 0 Å². The molecule has 2 heterocycles. The molecular formula is C16H30N4. The molecule has 1 aliphatic rings. The van der Waals surface area contributed by atoms with Crippen LogP contribution >= 0.6 is 0 Å².